The van der Waals surface area contributed by atoms with Crippen LogP contribution in [0.5, 0.6) is 0 Å². The maximum Gasteiger partial charge on any atom is 0.0412 e. The molecule has 0 spiro atoms. The van der Waals surface area contributed by atoms with Gasteiger partial charge in [0.15, 0.2) is 0 Å². The second-order valence-corrected chi connectivity index (χ2v) is 5.61. The van der Waals surface area contributed by atoms with Gasteiger partial charge in [0.05, 0.1) is 0 Å². The molecule has 2 rings (SSSR count). The average Bonchev–Trinajstić information content (AvgIpc) is 2.18. The van der Waals surface area contributed by atoms with Gasteiger partial charge in [-0.15, -0.1) is 0 Å². The molecule has 1 aromatic carbocycles. The molecule has 1 nitrogen and oxygen atoms in total. The molecule has 1 aromatic rings. The quantitative estimate of drug-likeness (QED) is 0.823. The smallest absolute Gasteiger partial charge is 0.0412 e. The summed E-state index contributed by atoms with van der Waals surface area (Å²) in [5.74, 6) is 0.711. The summed E-state index contributed by atoms with van der Waals surface area (Å²) in [6.45, 7) is 7.80. The zero-order valence-electron chi connectivity index (χ0n) is 10.3. The van der Waals surface area contributed by atoms with Gasteiger partial charge in [0.1, 0.15) is 0 Å². The van der Waals surface area contributed by atoms with Crippen LogP contribution in [-0.4, -0.2) is 6.54 Å². The van der Waals surface area contributed by atoms with E-state index >= 15 is 0 Å². The Balaban J connectivity index is 2.37. The van der Waals surface area contributed by atoms with E-state index in [9.17, 15) is 0 Å². The van der Waals surface area contributed by atoms with E-state index in [0.717, 1.165) is 18.0 Å². The summed E-state index contributed by atoms with van der Waals surface area (Å²) in [4.78, 5) is 0. The Hall–Kier alpha value is -0.530. The molecular weight excluding hydrogens is 218 g/mol. The molecule has 0 saturated heterocycles. The van der Waals surface area contributed by atoms with Gasteiger partial charge < -0.3 is 5.32 Å². The molecule has 0 bridgehead atoms. The predicted molar refractivity (Wildman–Crippen MR) is 70.1 cm³/mol. The number of hydrogen-bond donors (Lipinski definition) is 1. The Morgan fingerprint density at radius 3 is 2.88 bits per heavy atom. The largest absolute Gasteiger partial charge is 0.310 e. The van der Waals surface area contributed by atoms with Crippen LogP contribution in [-0.2, 0) is 6.42 Å². The first kappa shape index (κ1) is 11.9. The van der Waals surface area contributed by atoms with Gasteiger partial charge in [-0.3, -0.25) is 0 Å². The molecule has 1 aliphatic rings. The second kappa shape index (κ2) is 4.77. The fourth-order valence-corrected chi connectivity index (χ4v) is 2.90. The highest BCUT2D eigenvalue weighted by atomic mass is 35.5. The molecule has 16 heavy (non-hydrogen) atoms. The molecule has 2 heteroatoms. The third-order valence-electron chi connectivity index (χ3n) is 3.32. The van der Waals surface area contributed by atoms with Gasteiger partial charge in [-0.05, 0) is 61.1 Å². The van der Waals surface area contributed by atoms with E-state index in [1.807, 2.05) is 0 Å². The molecule has 0 aromatic heterocycles. The summed E-state index contributed by atoms with van der Waals surface area (Å²) in [6, 6.07) is 4.71. The van der Waals surface area contributed by atoms with Gasteiger partial charge in [-0.25, -0.2) is 0 Å². The monoisotopic (exact) mass is 237 g/mol. The van der Waals surface area contributed by atoms with Crippen molar-refractivity contribution in [1.29, 1.82) is 0 Å². The number of nitrogens with one attached hydrogen (secondary N) is 1. The van der Waals surface area contributed by atoms with Crippen molar-refractivity contribution in [2.24, 2.45) is 5.92 Å². The van der Waals surface area contributed by atoms with E-state index in [1.165, 1.54) is 23.1 Å². The summed E-state index contributed by atoms with van der Waals surface area (Å²) >= 11 is 6.16. The van der Waals surface area contributed by atoms with Crippen LogP contribution in [0.1, 0.15) is 43.0 Å². The lowest BCUT2D eigenvalue weighted by Gasteiger charge is -2.29. The highest BCUT2D eigenvalue weighted by Gasteiger charge is 2.22. The van der Waals surface area contributed by atoms with E-state index in [4.69, 9.17) is 11.6 Å². The van der Waals surface area contributed by atoms with Crippen LogP contribution < -0.4 is 5.32 Å². The van der Waals surface area contributed by atoms with E-state index in [1.54, 1.807) is 0 Å². The predicted octanol–water partition coefficient (Wildman–Crippen LogP) is 3.88. The lowest BCUT2D eigenvalue weighted by molar-refractivity contribution is 0.414. The van der Waals surface area contributed by atoms with Crippen molar-refractivity contribution < 1.29 is 0 Å². The summed E-state index contributed by atoms with van der Waals surface area (Å²) in [5.41, 5.74) is 4.27. The van der Waals surface area contributed by atoms with Crippen LogP contribution in [0.4, 0.5) is 0 Å². The highest BCUT2D eigenvalue weighted by molar-refractivity contribution is 6.30. The average molecular weight is 238 g/mol. The van der Waals surface area contributed by atoms with E-state index in [-0.39, 0.29) is 0 Å². The number of halogens is 1. The SMILES string of the molecule is Cc1cc(Cl)cc2c1CCNC2CC(C)C. The molecule has 0 saturated carbocycles. The summed E-state index contributed by atoms with van der Waals surface area (Å²) in [5, 5.41) is 4.47. The van der Waals surface area contributed by atoms with Gasteiger partial charge in [-0.1, -0.05) is 25.4 Å². The Bertz CT molecular complexity index is 385. The van der Waals surface area contributed by atoms with Crippen molar-refractivity contribution in [2.45, 2.75) is 39.7 Å². The van der Waals surface area contributed by atoms with E-state index in [0.29, 0.717) is 12.0 Å². The topological polar surface area (TPSA) is 12.0 Å². The number of rotatable bonds is 2. The van der Waals surface area contributed by atoms with Gasteiger partial charge in [0.2, 0.25) is 0 Å². The first-order chi connectivity index (χ1) is 7.58. The Labute approximate surface area is 103 Å². The van der Waals surface area contributed by atoms with Crippen LogP contribution in [0.25, 0.3) is 0 Å². The van der Waals surface area contributed by atoms with Crippen LogP contribution in [0, 0.1) is 12.8 Å². The lowest BCUT2D eigenvalue weighted by atomic mass is 9.87. The van der Waals surface area contributed by atoms with Gasteiger partial charge >= 0.3 is 0 Å². The van der Waals surface area contributed by atoms with E-state index in [2.05, 4.69) is 38.2 Å². The second-order valence-electron chi connectivity index (χ2n) is 5.18. The van der Waals surface area contributed by atoms with Crippen molar-refractivity contribution >= 4 is 11.6 Å². The number of fused-ring (bicyclic) bond motifs is 1. The van der Waals surface area contributed by atoms with Crippen molar-refractivity contribution in [3.63, 3.8) is 0 Å². The number of benzene rings is 1. The lowest BCUT2D eigenvalue weighted by Crippen LogP contribution is -2.31. The Morgan fingerprint density at radius 1 is 1.44 bits per heavy atom. The molecule has 1 heterocycles. The molecular formula is C14H20ClN. The maximum atomic E-state index is 6.16. The fourth-order valence-electron chi connectivity index (χ4n) is 2.61. The van der Waals surface area contributed by atoms with Crippen molar-refractivity contribution in [2.75, 3.05) is 6.54 Å². The third kappa shape index (κ3) is 2.41. The maximum absolute atomic E-state index is 6.16. The van der Waals surface area contributed by atoms with Crippen LogP contribution >= 0.6 is 11.6 Å². The number of aryl methyl sites for hydroxylation is 1. The zero-order valence-corrected chi connectivity index (χ0v) is 11.1. The first-order valence-electron chi connectivity index (χ1n) is 6.10. The molecule has 0 fully saturated rings. The van der Waals surface area contributed by atoms with Crippen LogP contribution in [0.3, 0.4) is 0 Å². The van der Waals surface area contributed by atoms with Gasteiger partial charge in [0.25, 0.3) is 0 Å². The van der Waals surface area contributed by atoms with E-state index < -0.39 is 0 Å². The van der Waals surface area contributed by atoms with Gasteiger partial charge in [-0.2, -0.15) is 0 Å². The standard InChI is InChI=1S/C14H20ClN/c1-9(2)6-14-13-8-11(15)7-10(3)12(13)4-5-16-14/h7-9,14,16H,4-6H2,1-3H3. The molecule has 1 atom stereocenters. The molecule has 1 aliphatic heterocycles. The van der Waals surface area contributed by atoms with Crippen molar-refractivity contribution in [3.8, 4) is 0 Å². The minimum absolute atomic E-state index is 0.487. The zero-order chi connectivity index (χ0) is 11.7. The normalized spacial score (nSPS) is 19.9. The molecule has 88 valence electrons. The van der Waals surface area contributed by atoms with Gasteiger partial charge in [0, 0.05) is 11.1 Å². The minimum atomic E-state index is 0.487. The Kier molecular flexibility index (Phi) is 3.56. The molecule has 0 radical (unpaired) electrons. The minimum Gasteiger partial charge on any atom is -0.310 e. The summed E-state index contributed by atoms with van der Waals surface area (Å²) in [7, 11) is 0. The molecule has 0 aliphatic carbocycles. The first-order valence-corrected chi connectivity index (χ1v) is 6.48. The van der Waals surface area contributed by atoms with Crippen LogP contribution in [0.15, 0.2) is 12.1 Å². The fraction of sp³-hybridized carbons (Fsp3) is 0.571. The van der Waals surface area contributed by atoms with Crippen molar-refractivity contribution in [3.05, 3.63) is 33.8 Å². The molecule has 1 unspecified atom stereocenters. The van der Waals surface area contributed by atoms with Crippen molar-refractivity contribution in [1.82, 2.24) is 5.32 Å². The molecule has 0 amide bonds. The van der Waals surface area contributed by atoms with Crippen LogP contribution in [0.2, 0.25) is 5.02 Å². The summed E-state index contributed by atoms with van der Waals surface area (Å²) < 4.78 is 0. The highest BCUT2D eigenvalue weighted by Crippen LogP contribution is 2.32. The molecule has 1 N–H and O–H groups in total. The third-order valence-corrected chi connectivity index (χ3v) is 3.54. The Morgan fingerprint density at radius 2 is 2.19 bits per heavy atom. The summed E-state index contributed by atoms with van der Waals surface area (Å²) in [6.07, 6.45) is 2.32. The number of hydrogen-bond acceptors (Lipinski definition) is 1.